The molecule has 0 unspecified atom stereocenters. The predicted octanol–water partition coefficient (Wildman–Crippen LogP) is 2.09. The number of nitrogens with one attached hydrogen (secondary N) is 1. The number of allylic oxidation sites excluding steroid dienone is 2. The molecule has 6 heteroatoms. The second kappa shape index (κ2) is 8.18. The Bertz CT molecular complexity index is 689. The number of fused-ring (bicyclic) bond motifs is 1. The molecule has 2 heterocycles. The first-order valence-electron chi connectivity index (χ1n) is 9.47. The summed E-state index contributed by atoms with van der Waals surface area (Å²) in [5, 5.41) is 12.8. The van der Waals surface area contributed by atoms with Crippen LogP contribution in [-0.4, -0.2) is 59.8 Å². The van der Waals surface area contributed by atoms with Crippen molar-refractivity contribution in [2.75, 3.05) is 26.7 Å². The molecule has 6 nitrogen and oxygen atoms in total. The van der Waals surface area contributed by atoms with Crippen LogP contribution in [0.15, 0.2) is 18.3 Å². The highest BCUT2D eigenvalue weighted by atomic mass is 16.5. The second-order valence-corrected chi connectivity index (χ2v) is 7.38. The van der Waals surface area contributed by atoms with Gasteiger partial charge in [-0.15, -0.1) is 0 Å². The average molecular weight is 359 g/mol. The Labute approximate surface area is 155 Å². The number of ether oxygens (including phenoxy) is 1. The van der Waals surface area contributed by atoms with Crippen LogP contribution in [0, 0.1) is 5.92 Å². The molecule has 0 saturated heterocycles. The van der Waals surface area contributed by atoms with E-state index in [4.69, 9.17) is 4.74 Å². The van der Waals surface area contributed by atoms with Crippen molar-refractivity contribution in [3.05, 3.63) is 29.5 Å². The fourth-order valence-electron chi connectivity index (χ4n) is 3.66. The number of hydrogen-bond acceptors (Lipinski definition) is 5. The minimum absolute atomic E-state index is 0.0659. The van der Waals surface area contributed by atoms with E-state index in [1.165, 1.54) is 5.57 Å². The van der Waals surface area contributed by atoms with Crippen LogP contribution >= 0.6 is 0 Å². The van der Waals surface area contributed by atoms with E-state index in [0.29, 0.717) is 24.5 Å². The SMILES string of the molecule is CNC[C@@H]1Oc2ncc(C3=CCCC3)cc2C(=O)N([C@@H](C)CO)C[C@@H]1C. The van der Waals surface area contributed by atoms with Crippen molar-refractivity contribution < 1.29 is 14.6 Å². The summed E-state index contributed by atoms with van der Waals surface area (Å²) in [5.74, 6) is 0.385. The normalized spacial score (nSPS) is 24.4. The van der Waals surface area contributed by atoms with E-state index in [2.05, 4.69) is 23.3 Å². The third kappa shape index (κ3) is 3.76. The highest BCUT2D eigenvalue weighted by molar-refractivity contribution is 5.97. The summed E-state index contributed by atoms with van der Waals surface area (Å²) in [5.41, 5.74) is 2.73. The van der Waals surface area contributed by atoms with Crippen LogP contribution in [0.3, 0.4) is 0 Å². The van der Waals surface area contributed by atoms with Gasteiger partial charge >= 0.3 is 0 Å². The maximum Gasteiger partial charge on any atom is 0.259 e. The molecule has 3 rings (SSSR count). The fraction of sp³-hybridized carbons (Fsp3) is 0.600. The van der Waals surface area contributed by atoms with Crippen LogP contribution in [0.2, 0.25) is 0 Å². The molecule has 0 spiro atoms. The number of pyridine rings is 1. The summed E-state index contributed by atoms with van der Waals surface area (Å²) < 4.78 is 6.14. The summed E-state index contributed by atoms with van der Waals surface area (Å²) in [6.45, 7) is 5.08. The molecule has 26 heavy (non-hydrogen) atoms. The van der Waals surface area contributed by atoms with Gasteiger partial charge in [-0.3, -0.25) is 4.79 Å². The summed E-state index contributed by atoms with van der Waals surface area (Å²) in [7, 11) is 1.89. The zero-order chi connectivity index (χ0) is 18.7. The molecule has 1 aromatic heterocycles. The van der Waals surface area contributed by atoms with Gasteiger partial charge in [0.1, 0.15) is 11.7 Å². The van der Waals surface area contributed by atoms with E-state index < -0.39 is 0 Å². The molecule has 0 bridgehead atoms. The van der Waals surface area contributed by atoms with E-state index in [0.717, 1.165) is 24.8 Å². The van der Waals surface area contributed by atoms with Crippen molar-refractivity contribution in [1.29, 1.82) is 0 Å². The van der Waals surface area contributed by atoms with Crippen molar-refractivity contribution in [2.24, 2.45) is 5.92 Å². The van der Waals surface area contributed by atoms with Crippen LogP contribution in [-0.2, 0) is 0 Å². The summed E-state index contributed by atoms with van der Waals surface area (Å²) in [6.07, 6.45) is 7.18. The molecule has 1 aliphatic heterocycles. The van der Waals surface area contributed by atoms with Gasteiger partial charge in [-0.2, -0.15) is 0 Å². The Kier molecular flexibility index (Phi) is 5.94. The van der Waals surface area contributed by atoms with E-state index in [-0.39, 0.29) is 30.6 Å². The van der Waals surface area contributed by atoms with Crippen molar-refractivity contribution in [3.8, 4) is 5.88 Å². The molecule has 142 valence electrons. The van der Waals surface area contributed by atoms with E-state index >= 15 is 0 Å². The number of aromatic nitrogens is 1. The number of aliphatic hydroxyl groups is 1. The highest BCUT2D eigenvalue weighted by Crippen LogP contribution is 2.32. The molecule has 2 aliphatic rings. The molecule has 2 N–H and O–H groups in total. The van der Waals surface area contributed by atoms with Gasteiger partial charge in [-0.25, -0.2) is 4.98 Å². The lowest BCUT2D eigenvalue weighted by molar-refractivity contribution is 0.0404. The Morgan fingerprint density at radius 3 is 2.96 bits per heavy atom. The van der Waals surface area contributed by atoms with Gasteiger partial charge in [-0.05, 0) is 50.4 Å². The molecule has 0 fully saturated rings. The number of hydrogen-bond donors (Lipinski definition) is 2. The monoisotopic (exact) mass is 359 g/mol. The van der Waals surface area contributed by atoms with Gasteiger partial charge in [0.25, 0.3) is 5.91 Å². The lowest BCUT2D eigenvalue weighted by Gasteiger charge is -2.36. The number of likely N-dealkylation sites (N-methyl/N-ethyl adjacent to an activating group) is 1. The molecule has 3 atom stereocenters. The Balaban J connectivity index is 2.03. The molecule has 1 amide bonds. The van der Waals surface area contributed by atoms with Crippen molar-refractivity contribution in [2.45, 2.75) is 45.3 Å². The second-order valence-electron chi connectivity index (χ2n) is 7.38. The Morgan fingerprint density at radius 2 is 2.31 bits per heavy atom. The lowest BCUT2D eigenvalue weighted by Crippen LogP contribution is -2.49. The molecule has 1 aromatic rings. The number of aliphatic hydroxyl groups excluding tert-OH is 1. The topological polar surface area (TPSA) is 74.7 Å². The van der Waals surface area contributed by atoms with Gasteiger partial charge in [-0.1, -0.05) is 13.0 Å². The van der Waals surface area contributed by atoms with E-state index in [1.807, 2.05) is 26.2 Å². The van der Waals surface area contributed by atoms with Crippen LogP contribution < -0.4 is 10.1 Å². The fourth-order valence-corrected chi connectivity index (χ4v) is 3.66. The zero-order valence-corrected chi connectivity index (χ0v) is 15.9. The summed E-state index contributed by atoms with van der Waals surface area (Å²) in [6, 6.07) is 1.66. The van der Waals surface area contributed by atoms with Gasteiger partial charge < -0.3 is 20.1 Å². The number of rotatable bonds is 5. The third-order valence-corrected chi connectivity index (χ3v) is 5.34. The largest absolute Gasteiger partial charge is 0.472 e. The first-order chi connectivity index (χ1) is 12.5. The minimum Gasteiger partial charge on any atom is -0.472 e. The maximum atomic E-state index is 13.2. The Morgan fingerprint density at radius 1 is 1.50 bits per heavy atom. The van der Waals surface area contributed by atoms with Gasteiger partial charge in [0.05, 0.1) is 12.6 Å². The van der Waals surface area contributed by atoms with E-state index in [1.54, 1.807) is 4.90 Å². The molecule has 0 aromatic carbocycles. The molecular weight excluding hydrogens is 330 g/mol. The van der Waals surface area contributed by atoms with Crippen molar-refractivity contribution >= 4 is 11.5 Å². The summed E-state index contributed by atoms with van der Waals surface area (Å²) in [4.78, 5) is 19.5. The first-order valence-corrected chi connectivity index (χ1v) is 9.47. The van der Waals surface area contributed by atoms with Crippen LogP contribution in [0.4, 0.5) is 0 Å². The van der Waals surface area contributed by atoms with Crippen LogP contribution in [0.5, 0.6) is 5.88 Å². The quantitative estimate of drug-likeness (QED) is 0.842. The summed E-state index contributed by atoms with van der Waals surface area (Å²) >= 11 is 0. The van der Waals surface area contributed by atoms with Crippen molar-refractivity contribution in [1.82, 2.24) is 15.2 Å². The zero-order valence-electron chi connectivity index (χ0n) is 15.9. The average Bonchev–Trinajstić information content (AvgIpc) is 3.18. The number of nitrogens with zero attached hydrogens (tertiary/aromatic N) is 2. The molecule has 1 aliphatic carbocycles. The Hall–Kier alpha value is -1.92. The number of carbonyl (C=O) groups is 1. The van der Waals surface area contributed by atoms with Crippen molar-refractivity contribution in [3.63, 3.8) is 0 Å². The predicted molar refractivity (Wildman–Crippen MR) is 101 cm³/mol. The first kappa shape index (κ1) is 18.9. The highest BCUT2D eigenvalue weighted by Gasteiger charge is 2.33. The number of carbonyl (C=O) groups excluding carboxylic acids is 1. The molecular formula is C20H29N3O3. The molecule has 0 radical (unpaired) electrons. The minimum atomic E-state index is -0.250. The van der Waals surface area contributed by atoms with Crippen LogP contribution in [0.25, 0.3) is 5.57 Å². The number of amides is 1. The van der Waals surface area contributed by atoms with Gasteiger partial charge in [0.15, 0.2) is 0 Å². The van der Waals surface area contributed by atoms with Gasteiger partial charge in [0, 0.05) is 25.2 Å². The smallest absolute Gasteiger partial charge is 0.259 e. The molecule has 0 saturated carbocycles. The van der Waals surface area contributed by atoms with Crippen LogP contribution in [0.1, 0.15) is 49.0 Å². The third-order valence-electron chi connectivity index (χ3n) is 5.34. The standard InChI is InChI=1S/C20H29N3O3/c1-13-11-23(14(2)12-24)20(25)17-8-16(15-6-4-5-7-15)9-22-19(17)26-18(13)10-21-3/h6,8-9,13-14,18,21,24H,4-5,7,10-12H2,1-3H3/t13-,14-,18-/m0/s1. The maximum absolute atomic E-state index is 13.2. The van der Waals surface area contributed by atoms with Gasteiger partial charge in [0.2, 0.25) is 5.88 Å². The van der Waals surface area contributed by atoms with E-state index in [9.17, 15) is 9.90 Å². The lowest BCUT2D eigenvalue weighted by atomic mass is 9.99.